The zero-order valence-electron chi connectivity index (χ0n) is 19.7. The van der Waals surface area contributed by atoms with Crippen LogP contribution in [0.25, 0.3) is 0 Å². The van der Waals surface area contributed by atoms with Gasteiger partial charge in [-0.2, -0.15) is 0 Å². The van der Waals surface area contributed by atoms with Crippen LogP contribution >= 0.6 is 0 Å². The summed E-state index contributed by atoms with van der Waals surface area (Å²) < 4.78 is 10.9. The molecule has 0 saturated heterocycles. The first-order valence-corrected chi connectivity index (χ1v) is 12.2. The Bertz CT molecular complexity index is 1000. The number of rotatable bonds is 8. The van der Waals surface area contributed by atoms with E-state index >= 15 is 0 Å². The normalized spacial score (nSPS) is 19.0. The Morgan fingerprint density at radius 1 is 0.848 bits per heavy atom. The van der Waals surface area contributed by atoms with Crippen molar-refractivity contribution in [2.45, 2.75) is 57.8 Å². The van der Waals surface area contributed by atoms with E-state index in [1.165, 1.54) is 43.2 Å². The number of esters is 1. The van der Waals surface area contributed by atoms with Crippen LogP contribution in [-0.4, -0.2) is 12.6 Å². The molecular weight excluding hydrogens is 408 g/mol. The molecule has 0 heterocycles. The number of carbonyl (C=O) groups is 1. The van der Waals surface area contributed by atoms with Crippen molar-refractivity contribution < 1.29 is 14.3 Å². The van der Waals surface area contributed by atoms with Crippen LogP contribution in [0.1, 0.15) is 79.3 Å². The van der Waals surface area contributed by atoms with Crippen LogP contribution in [0.2, 0.25) is 0 Å². The molecule has 3 nitrogen and oxygen atoms in total. The van der Waals surface area contributed by atoms with Crippen molar-refractivity contribution in [1.29, 1.82) is 0 Å². The zero-order valence-corrected chi connectivity index (χ0v) is 19.7. The Morgan fingerprint density at radius 3 is 2.12 bits per heavy atom. The van der Waals surface area contributed by atoms with Gasteiger partial charge in [-0.3, -0.25) is 0 Å². The zero-order chi connectivity index (χ0) is 23.0. The lowest BCUT2D eigenvalue weighted by atomic mass is 9.75. The van der Waals surface area contributed by atoms with Gasteiger partial charge >= 0.3 is 5.97 Å². The van der Waals surface area contributed by atoms with E-state index in [4.69, 9.17) is 9.47 Å². The summed E-state index contributed by atoms with van der Waals surface area (Å²) in [6.07, 6.45) is 6.28. The second-order valence-electron chi connectivity index (χ2n) is 9.18. The molecule has 4 rings (SSSR count). The SMILES string of the molecule is CCOc1ccc(OC(=O)c2ccc(C3CCC(C[C@H](C)c4ccccc4)CC3)cc2)cc1. The Kier molecular flexibility index (Phi) is 7.83. The molecule has 172 valence electrons. The summed E-state index contributed by atoms with van der Waals surface area (Å²) in [6.45, 7) is 4.91. The van der Waals surface area contributed by atoms with Crippen molar-refractivity contribution in [2.75, 3.05) is 6.61 Å². The van der Waals surface area contributed by atoms with E-state index in [0.717, 1.165) is 11.7 Å². The van der Waals surface area contributed by atoms with Crippen molar-refractivity contribution in [3.05, 3.63) is 95.6 Å². The Hall–Kier alpha value is -3.07. The molecule has 1 atom stereocenters. The monoisotopic (exact) mass is 442 g/mol. The van der Waals surface area contributed by atoms with Crippen LogP contribution in [0.3, 0.4) is 0 Å². The molecular formula is C30H34O3. The van der Waals surface area contributed by atoms with E-state index in [0.29, 0.717) is 29.8 Å². The Morgan fingerprint density at radius 2 is 1.48 bits per heavy atom. The molecule has 33 heavy (non-hydrogen) atoms. The lowest BCUT2D eigenvalue weighted by molar-refractivity contribution is 0.0734. The number of benzene rings is 3. The lowest BCUT2D eigenvalue weighted by Gasteiger charge is -2.30. The summed E-state index contributed by atoms with van der Waals surface area (Å²) >= 11 is 0. The Balaban J connectivity index is 1.27. The molecule has 0 aromatic heterocycles. The highest BCUT2D eigenvalue weighted by molar-refractivity contribution is 5.91. The number of hydrogen-bond acceptors (Lipinski definition) is 3. The third kappa shape index (κ3) is 6.25. The fourth-order valence-corrected chi connectivity index (χ4v) is 4.98. The summed E-state index contributed by atoms with van der Waals surface area (Å²) in [5, 5.41) is 0. The third-order valence-electron chi connectivity index (χ3n) is 6.87. The lowest BCUT2D eigenvalue weighted by Crippen LogP contribution is -2.15. The topological polar surface area (TPSA) is 35.5 Å². The molecule has 1 fully saturated rings. The van der Waals surface area contributed by atoms with Gasteiger partial charge in [0.2, 0.25) is 0 Å². The van der Waals surface area contributed by atoms with Crippen LogP contribution in [-0.2, 0) is 0 Å². The average molecular weight is 443 g/mol. The highest BCUT2D eigenvalue weighted by Gasteiger charge is 2.24. The van der Waals surface area contributed by atoms with E-state index < -0.39 is 0 Å². The molecule has 0 aliphatic heterocycles. The van der Waals surface area contributed by atoms with E-state index in [1.54, 1.807) is 12.1 Å². The maximum atomic E-state index is 12.5. The summed E-state index contributed by atoms with van der Waals surface area (Å²) in [4.78, 5) is 12.5. The molecule has 1 saturated carbocycles. The van der Waals surface area contributed by atoms with Gasteiger partial charge in [-0.15, -0.1) is 0 Å². The van der Waals surface area contributed by atoms with Crippen molar-refractivity contribution in [3.63, 3.8) is 0 Å². The van der Waals surface area contributed by atoms with E-state index in [9.17, 15) is 4.79 Å². The highest BCUT2D eigenvalue weighted by atomic mass is 16.5. The van der Waals surface area contributed by atoms with Gasteiger partial charge < -0.3 is 9.47 Å². The summed E-state index contributed by atoms with van der Waals surface area (Å²) in [5.74, 6) is 2.98. The van der Waals surface area contributed by atoms with Crippen LogP contribution in [0.5, 0.6) is 11.5 Å². The van der Waals surface area contributed by atoms with Gasteiger partial charge in [-0.05, 0) is 104 Å². The van der Waals surface area contributed by atoms with Crippen LogP contribution in [0.4, 0.5) is 0 Å². The van der Waals surface area contributed by atoms with Gasteiger partial charge in [0.1, 0.15) is 11.5 Å². The summed E-state index contributed by atoms with van der Waals surface area (Å²) in [6, 6.07) is 26.0. The smallest absolute Gasteiger partial charge is 0.343 e. The number of carbonyl (C=O) groups excluding carboxylic acids is 1. The minimum absolute atomic E-state index is 0.329. The fourth-order valence-electron chi connectivity index (χ4n) is 4.98. The molecule has 0 radical (unpaired) electrons. The first-order chi connectivity index (χ1) is 16.1. The largest absolute Gasteiger partial charge is 0.494 e. The van der Waals surface area contributed by atoms with Gasteiger partial charge in [-0.1, -0.05) is 49.4 Å². The molecule has 1 aliphatic rings. The highest BCUT2D eigenvalue weighted by Crippen LogP contribution is 2.39. The molecule has 3 aromatic rings. The number of hydrogen-bond donors (Lipinski definition) is 0. The van der Waals surface area contributed by atoms with E-state index in [2.05, 4.69) is 49.4 Å². The van der Waals surface area contributed by atoms with Crippen molar-refractivity contribution in [1.82, 2.24) is 0 Å². The first kappa shape index (κ1) is 23.1. The maximum absolute atomic E-state index is 12.5. The fraction of sp³-hybridized carbons (Fsp3) is 0.367. The second-order valence-corrected chi connectivity index (χ2v) is 9.18. The van der Waals surface area contributed by atoms with E-state index in [1.807, 2.05) is 31.2 Å². The molecule has 0 N–H and O–H groups in total. The average Bonchev–Trinajstić information content (AvgIpc) is 2.86. The maximum Gasteiger partial charge on any atom is 0.343 e. The molecule has 3 heteroatoms. The van der Waals surface area contributed by atoms with Gasteiger partial charge in [0, 0.05) is 0 Å². The molecule has 1 aliphatic carbocycles. The summed E-state index contributed by atoms with van der Waals surface area (Å²) in [7, 11) is 0. The van der Waals surface area contributed by atoms with Crippen LogP contribution in [0.15, 0.2) is 78.9 Å². The summed E-state index contributed by atoms with van der Waals surface area (Å²) in [5.41, 5.74) is 3.37. The molecule has 0 spiro atoms. The van der Waals surface area contributed by atoms with Gasteiger partial charge in [0.25, 0.3) is 0 Å². The van der Waals surface area contributed by atoms with Gasteiger partial charge in [0.15, 0.2) is 0 Å². The molecule has 0 bridgehead atoms. The van der Waals surface area contributed by atoms with E-state index in [-0.39, 0.29) is 5.97 Å². The number of ether oxygens (including phenoxy) is 2. The first-order valence-electron chi connectivity index (χ1n) is 12.2. The quantitative estimate of drug-likeness (QED) is 0.264. The van der Waals surface area contributed by atoms with Crippen molar-refractivity contribution in [3.8, 4) is 11.5 Å². The van der Waals surface area contributed by atoms with Crippen molar-refractivity contribution >= 4 is 5.97 Å². The minimum Gasteiger partial charge on any atom is -0.494 e. The minimum atomic E-state index is -0.329. The van der Waals surface area contributed by atoms with Crippen molar-refractivity contribution in [2.24, 2.45) is 5.92 Å². The molecule has 0 unspecified atom stereocenters. The van der Waals surface area contributed by atoms with Crippen LogP contribution < -0.4 is 9.47 Å². The molecule has 3 aromatic carbocycles. The second kappa shape index (κ2) is 11.2. The molecule has 0 amide bonds. The van der Waals surface area contributed by atoms with Gasteiger partial charge in [-0.25, -0.2) is 4.79 Å². The van der Waals surface area contributed by atoms with Gasteiger partial charge in [0.05, 0.1) is 12.2 Å². The predicted octanol–water partition coefficient (Wildman–Crippen LogP) is 7.77. The van der Waals surface area contributed by atoms with Crippen LogP contribution in [0, 0.1) is 5.92 Å². The Labute approximate surface area is 197 Å². The predicted molar refractivity (Wildman–Crippen MR) is 133 cm³/mol. The third-order valence-corrected chi connectivity index (χ3v) is 6.87. The standard InChI is InChI=1S/C30H34O3/c1-3-32-28-17-19-29(20-18-28)33-30(31)27-15-13-26(14-16-27)25-11-9-23(10-12-25)21-22(2)24-7-5-4-6-8-24/h4-8,13-20,22-23,25H,3,9-12,21H2,1-2H3/t22-,23?,25?/m0/s1.